The first-order valence-corrected chi connectivity index (χ1v) is 9.17. The topological polar surface area (TPSA) is 49.4 Å². The standard InChI is InChI=1S/C16H26N2O2S/c1-13-8-9-16(11-15(13)12-17-3)21(19,20)18-10-6-4-5-7-14(18)2/h8-9,11,14,17H,4-7,10,12H2,1-3H3. The molecule has 1 fully saturated rings. The fourth-order valence-electron chi connectivity index (χ4n) is 2.93. The van der Waals surface area contributed by atoms with Gasteiger partial charge in [0, 0.05) is 19.1 Å². The Morgan fingerprint density at radius 2 is 2.05 bits per heavy atom. The van der Waals surface area contributed by atoms with Crippen LogP contribution in [0, 0.1) is 6.92 Å². The SMILES string of the molecule is CNCc1cc(S(=O)(=O)N2CCCCCC2C)ccc1C. The van der Waals surface area contributed by atoms with Crippen molar-refractivity contribution in [1.29, 1.82) is 0 Å². The molecule has 1 aromatic carbocycles. The highest BCUT2D eigenvalue weighted by Crippen LogP contribution is 2.25. The average molecular weight is 310 g/mol. The smallest absolute Gasteiger partial charge is 0.243 e. The van der Waals surface area contributed by atoms with E-state index in [9.17, 15) is 8.42 Å². The lowest BCUT2D eigenvalue weighted by Crippen LogP contribution is -2.38. The van der Waals surface area contributed by atoms with Crippen molar-refractivity contribution in [3.63, 3.8) is 0 Å². The summed E-state index contributed by atoms with van der Waals surface area (Å²) in [5.74, 6) is 0. The maximum atomic E-state index is 12.9. The van der Waals surface area contributed by atoms with E-state index >= 15 is 0 Å². The molecule has 0 amide bonds. The number of aryl methyl sites for hydroxylation is 1. The molecule has 1 aromatic rings. The normalized spacial score (nSPS) is 21.2. The number of benzene rings is 1. The number of hydrogen-bond acceptors (Lipinski definition) is 3. The van der Waals surface area contributed by atoms with E-state index in [4.69, 9.17) is 0 Å². The lowest BCUT2D eigenvalue weighted by atomic mass is 10.1. The van der Waals surface area contributed by atoms with Gasteiger partial charge < -0.3 is 5.32 Å². The molecule has 0 bridgehead atoms. The maximum Gasteiger partial charge on any atom is 0.243 e. The zero-order chi connectivity index (χ0) is 15.5. The summed E-state index contributed by atoms with van der Waals surface area (Å²) >= 11 is 0. The molecule has 118 valence electrons. The van der Waals surface area contributed by atoms with Crippen LogP contribution in [0.5, 0.6) is 0 Å². The van der Waals surface area contributed by atoms with Crippen molar-refractivity contribution in [1.82, 2.24) is 9.62 Å². The Bertz CT molecular complexity index is 584. The number of hydrogen-bond donors (Lipinski definition) is 1. The summed E-state index contributed by atoms with van der Waals surface area (Å²) in [6.07, 6.45) is 4.15. The van der Waals surface area contributed by atoms with Crippen molar-refractivity contribution in [3.05, 3.63) is 29.3 Å². The van der Waals surface area contributed by atoms with Crippen LogP contribution in [-0.2, 0) is 16.6 Å². The quantitative estimate of drug-likeness (QED) is 0.930. The molecule has 1 unspecified atom stereocenters. The van der Waals surface area contributed by atoms with Crippen LogP contribution >= 0.6 is 0 Å². The highest BCUT2D eigenvalue weighted by atomic mass is 32.2. The summed E-state index contributed by atoms with van der Waals surface area (Å²) in [5, 5.41) is 3.09. The predicted octanol–water partition coefficient (Wildman–Crippen LogP) is 2.67. The number of nitrogens with zero attached hydrogens (tertiary/aromatic N) is 1. The summed E-state index contributed by atoms with van der Waals surface area (Å²) in [6, 6.07) is 5.55. The first-order chi connectivity index (χ1) is 9.96. The predicted molar refractivity (Wildman–Crippen MR) is 85.8 cm³/mol. The van der Waals surface area contributed by atoms with Gasteiger partial charge in [0.25, 0.3) is 0 Å². The van der Waals surface area contributed by atoms with E-state index in [1.165, 1.54) is 0 Å². The molecule has 1 aliphatic rings. The fraction of sp³-hybridized carbons (Fsp3) is 0.625. The number of rotatable bonds is 4. The van der Waals surface area contributed by atoms with Crippen LogP contribution in [0.4, 0.5) is 0 Å². The van der Waals surface area contributed by atoms with E-state index in [0.717, 1.165) is 36.8 Å². The lowest BCUT2D eigenvalue weighted by Gasteiger charge is -2.26. The van der Waals surface area contributed by atoms with Crippen LogP contribution < -0.4 is 5.32 Å². The first kappa shape index (κ1) is 16.5. The van der Waals surface area contributed by atoms with Gasteiger partial charge in [-0.1, -0.05) is 18.9 Å². The summed E-state index contributed by atoms with van der Waals surface area (Å²) in [7, 11) is -1.51. The molecule has 2 rings (SSSR count). The van der Waals surface area contributed by atoms with Gasteiger partial charge >= 0.3 is 0 Å². The number of nitrogens with one attached hydrogen (secondary N) is 1. The van der Waals surface area contributed by atoms with Crippen LogP contribution in [0.25, 0.3) is 0 Å². The molecule has 0 spiro atoms. The average Bonchev–Trinajstić information content (AvgIpc) is 2.66. The van der Waals surface area contributed by atoms with E-state index in [1.54, 1.807) is 10.4 Å². The second kappa shape index (κ2) is 6.90. The molecule has 1 N–H and O–H groups in total. The van der Waals surface area contributed by atoms with Crippen molar-refractivity contribution in [2.75, 3.05) is 13.6 Å². The highest BCUT2D eigenvalue weighted by Gasteiger charge is 2.30. The van der Waals surface area contributed by atoms with Crippen molar-refractivity contribution in [2.45, 2.75) is 57.0 Å². The van der Waals surface area contributed by atoms with E-state index in [-0.39, 0.29) is 6.04 Å². The molecular formula is C16H26N2O2S. The van der Waals surface area contributed by atoms with Crippen molar-refractivity contribution in [3.8, 4) is 0 Å². The van der Waals surface area contributed by atoms with Gasteiger partial charge in [-0.15, -0.1) is 0 Å². The molecule has 1 saturated heterocycles. The van der Waals surface area contributed by atoms with Gasteiger partial charge in [-0.05, 0) is 57.0 Å². The molecule has 5 heteroatoms. The minimum absolute atomic E-state index is 0.0894. The lowest BCUT2D eigenvalue weighted by molar-refractivity contribution is 0.342. The van der Waals surface area contributed by atoms with Gasteiger partial charge in [-0.25, -0.2) is 8.42 Å². The van der Waals surface area contributed by atoms with Crippen molar-refractivity contribution >= 4 is 10.0 Å². The van der Waals surface area contributed by atoms with E-state index in [0.29, 0.717) is 18.0 Å². The van der Waals surface area contributed by atoms with Gasteiger partial charge in [0.15, 0.2) is 0 Å². The molecule has 4 nitrogen and oxygen atoms in total. The molecular weight excluding hydrogens is 284 g/mol. The minimum Gasteiger partial charge on any atom is -0.316 e. The zero-order valence-corrected chi connectivity index (χ0v) is 14.0. The molecule has 21 heavy (non-hydrogen) atoms. The third-order valence-corrected chi connectivity index (χ3v) is 6.30. The zero-order valence-electron chi connectivity index (χ0n) is 13.2. The Labute approximate surface area is 128 Å². The highest BCUT2D eigenvalue weighted by molar-refractivity contribution is 7.89. The Balaban J connectivity index is 2.36. The summed E-state index contributed by atoms with van der Waals surface area (Å²) < 4.78 is 27.5. The summed E-state index contributed by atoms with van der Waals surface area (Å²) in [5.41, 5.74) is 2.16. The molecule has 0 radical (unpaired) electrons. The van der Waals surface area contributed by atoms with Crippen LogP contribution in [0.3, 0.4) is 0 Å². The minimum atomic E-state index is -3.39. The third-order valence-electron chi connectivity index (χ3n) is 4.29. The second-order valence-electron chi connectivity index (χ2n) is 5.93. The van der Waals surface area contributed by atoms with E-state index in [1.807, 2.05) is 33.0 Å². The Hall–Kier alpha value is -0.910. The number of sulfonamides is 1. The van der Waals surface area contributed by atoms with Gasteiger partial charge in [0.1, 0.15) is 0 Å². The van der Waals surface area contributed by atoms with E-state index in [2.05, 4.69) is 5.32 Å². The monoisotopic (exact) mass is 310 g/mol. The summed E-state index contributed by atoms with van der Waals surface area (Å²) in [6.45, 7) is 5.35. The fourth-order valence-corrected chi connectivity index (χ4v) is 4.68. The molecule has 1 heterocycles. The molecule has 0 saturated carbocycles. The van der Waals surface area contributed by atoms with Crippen LogP contribution in [0.15, 0.2) is 23.1 Å². The maximum absolute atomic E-state index is 12.9. The Kier molecular flexibility index (Phi) is 5.41. The van der Waals surface area contributed by atoms with Crippen LogP contribution in [0.1, 0.15) is 43.7 Å². The van der Waals surface area contributed by atoms with Crippen LogP contribution in [-0.4, -0.2) is 32.4 Å². The van der Waals surface area contributed by atoms with Crippen LogP contribution in [0.2, 0.25) is 0 Å². The largest absolute Gasteiger partial charge is 0.316 e. The van der Waals surface area contributed by atoms with Gasteiger partial charge in [-0.3, -0.25) is 0 Å². The molecule has 1 aliphatic heterocycles. The van der Waals surface area contributed by atoms with Gasteiger partial charge in [0.2, 0.25) is 10.0 Å². The molecule has 1 atom stereocenters. The van der Waals surface area contributed by atoms with Crippen molar-refractivity contribution < 1.29 is 8.42 Å². The Morgan fingerprint density at radius 1 is 1.29 bits per heavy atom. The molecule has 0 aromatic heterocycles. The Morgan fingerprint density at radius 3 is 2.76 bits per heavy atom. The van der Waals surface area contributed by atoms with Gasteiger partial charge in [0.05, 0.1) is 4.90 Å². The third kappa shape index (κ3) is 3.65. The van der Waals surface area contributed by atoms with E-state index < -0.39 is 10.0 Å². The molecule has 0 aliphatic carbocycles. The first-order valence-electron chi connectivity index (χ1n) is 7.73. The second-order valence-corrected chi connectivity index (χ2v) is 7.82. The van der Waals surface area contributed by atoms with Gasteiger partial charge in [-0.2, -0.15) is 4.31 Å². The summed E-state index contributed by atoms with van der Waals surface area (Å²) in [4.78, 5) is 0.423. The van der Waals surface area contributed by atoms with Crippen molar-refractivity contribution in [2.24, 2.45) is 0 Å².